The van der Waals surface area contributed by atoms with E-state index in [-0.39, 0.29) is 18.1 Å². The smallest absolute Gasteiger partial charge is 0.248 e. The molecule has 0 bridgehead atoms. The Morgan fingerprint density at radius 3 is 2.48 bits per heavy atom. The monoisotopic (exact) mass is 408 g/mol. The molecule has 1 aromatic heterocycles. The number of carbonyl (C=O) groups is 1. The van der Waals surface area contributed by atoms with E-state index in [1.54, 1.807) is 41.4 Å². The van der Waals surface area contributed by atoms with Crippen molar-refractivity contribution in [3.63, 3.8) is 0 Å². The van der Waals surface area contributed by atoms with Crippen LogP contribution in [0.15, 0.2) is 77.8 Å². The number of sulfonamides is 1. The zero-order chi connectivity index (χ0) is 20.4. The Morgan fingerprint density at radius 1 is 1.03 bits per heavy atom. The van der Waals surface area contributed by atoms with Gasteiger partial charge in [-0.2, -0.15) is 4.31 Å². The molecule has 0 radical (unpaired) electrons. The van der Waals surface area contributed by atoms with E-state index in [4.69, 9.17) is 0 Å². The van der Waals surface area contributed by atoms with E-state index in [2.05, 4.69) is 10.3 Å². The summed E-state index contributed by atoms with van der Waals surface area (Å²) in [5.74, 6) is -0.0490. The Kier molecular flexibility index (Phi) is 5.04. The molecule has 3 aromatic rings. The molecule has 8 heteroatoms. The van der Waals surface area contributed by atoms with Crippen molar-refractivity contribution >= 4 is 33.1 Å². The van der Waals surface area contributed by atoms with Crippen LogP contribution in [0.4, 0.5) is 17.2 Å². The number of hydrogen-bond acceptors (Lipinski definition) is 5. The van der Waals surface area contributed by atoms with E-state index in [9.17, 15) is 13.2 Å². The fraction of sp³-hybridized carbons (Fsp3) is 0.143. The lowest BCUT2D eigenvalue weighted by Gasteiger charge is -2.36. The Hall–Kier alpha value is -3.23. The number of nitrogens with one attached hydrogen (secondary N) is 1. The van der Waals surface area contributed by atoms with Gasteiger partial charge in [0.15, 0.2) is 5.82 Å². The number of pyridine rings is 1. The Balaban J connectivity index is 1.66. The molecule has 0 unspecified atom stereocenters. The SMILES string of the molecule is Cc1ccc(N2CN(CC(=O)Nc3ccccc3)S(=O)(=O)c3cccnc32)cc1. The van der Waals surface area contributed by atoms with Crippen LogP contribution in [0.3, 0.4) is 0 Å². The fourth-order valence-electron chi connectivity index (χ4n) is 3.17. The van der Waals surface area contributed by atoms with E-state index >= 15 is 0 Å². The summed E-state index contributed by atoms with van der Waals surface area (Å²) in [6.45, 7) is 1.68. The summed E-state index contributed by atoms with van der Waals surface area (Å²) in [7, 11) is -3.85. The Labute approximate surface area is 169 Å². The molecule has 2 heterocycles. The van der Waals surface area contributed by atoms with Crippen molar-refractivity contribution in [3.05, 3.63) is 78.5 Å². The second-order valence-electron chi connectivity index (χ2n) is 6.76. The van der Waals surface area contributed by atoms with Crippen LogP contribution in [0.1, 0.15) is 5.56 Å². The van der Waals surface area contributed by atoms with Crippen molar-refractivity contribution in [2.24, 2.45) is 0 Å². The molecule has 4 rings (SSSR count). The zero-order valence-corrected chi connectivity index (χ0v) is 16.6. The number of rotatable bonds is 4. The summed E-state index contributed by atoms with van der Waals surface area (Å²) in [6, 6.07) is 19.8. The lowest BCUT2D eigenvalue weighted by Crippen LogP contribution is -2.47. The van der Waals surface area contributed by atoms with Crippen molar-refractivity contribution in [1.82, 2.24) is 9.29 Å². The fourth-order valence-corrected chi connectivity index (χ4v) is 4.65. The van der Waals surface area contributed by atoms with Crippen LogP contribution >= 0.6 is 0 Å². The molecule has 0 spiro atoms. The van der Waals surface area contributed by atoms with Gasteiger partial charge < -0.3 is 10.2 Å². The molecule has 1 amide bonds. The first-order valence-corrected chi connectivity index (χ1v) is 10.5. The molecule has 0 atom stereocenters. The van der Waals surface area contributed by atoms with E-state index in [0.717, 1.165) is 15.6 Å². The van der Waals surface area contributed by atoms with Crippen LogP contribution in [0.2, 0.25) is 0 Å². The van der Waals surface area contributed by atoms with Crippen molar-refractivity contribution in [1.29, 1.82) is 0 Å². The highest BCUT2D eigenvalue weighted by Gasteiger charge is 2.37. The molecule has 2 aromatic carbocycles. The minimum atomic E-state index is -3.85. The molecular weight excluding hydrogens is 388 g/mol. The maximum atomic E-state index is 13.1. The van der Waals surface area contributed by atoms with Crippen LogP contribution in [0, 0.1) is 6.92 Å². The molecule has 1 aliphatic heterocycles. The summed E-state index contributed by atoms with van der Waals surface area (Å²) < 4.78 is 27.4. The van der Waals surface area contributed by atoms with Gasteiger partial charge in [-0.1, -0.05) is 35.9 Å². The third-order valence-corrected chi connectivity index (χ3v) is 6.45. The molecule has 1 N–H and O–H groups in total. The number of aromatic nitrogens is 1. The van der Waals surface area contributed by atoms with Gasteiger partial charge in [-0.15, -0.1) is 0 Å². The lowest BCUT2D eigenvalue weighted by molar-refractivity contribution is -0.116. The lowest BCUT2D eigenvalue weighted by atomic mass is 10.2. The van der Waals surface area contributed by atoms with Crippen LogP contribution < -0.4 is 10.2 Å². The number of fused-ring (bicyclic) bond motifs is 1. The number of carbonyl (C=O) groups excluding carboxylic acids is 1. The van der Waals surface area contributed by atoms with Crippen molar-refractivity contribution in [3.8, 4) is 0 Å². The Morgan fingerprint density at radius 2 is 1.76 bits per heavy atom. The summed E-state index contributed by atoms with van der Waals surface area (Å²) in [5.41, 5.74) is 2.52. The third kappa shape index (κ3) is 3.85. The minimum absolute atomic E-state index is 0.00236. The van der Waals surface area contributed by atoms with Crippen molar-refractivity contribution < 1.29 is 13.2 Å². The molecule has 0 fully saturated rings. The van der Waals surface area contributed by atoms with E-state index in [1.807, 2.05) is 37.3 Å². The van der Waals surface area contributed by atoms with Gasteiger partial charge in [0.1, 0.15) is 4.90 Å². The van der Waals surface area contributed by atoms with Crippen LogP contribution in [-0.4, -0.2) is 36.8 Å². The van der Waals surface area contributed by atoms with Crippen molar-refractivity contribution in [2.45, 2.75) is 11.8 Å². The summed E-state index contributed by atoms with van der Waals surface area (Å²) >= 11 is 0. The van der Waals surface area contributed by atoms with Gasteiger partial charge in [0.05, 0.1) is 13.2 Å². The largest absolute Gasteiger partial charge is 0.325 e. The predicted molar refractivity (Wildman–Crippen MR) is 111 cm³/mol. The molecule has 7 nitrogen and oxygen atoms in total. The van der Waals surface area contributed by atoms with E-state index < -0.39 is 15.9 Å². The number of hydrogen-bond donors (Lipinski definition) is 1. The number of amides is 1. The quantitative estimate of drug-likeness (QED) is 0.717. The van der Waals surface area contributed by atoms with Gasteiger partial charge >= 0.3 is 0 Å². The maximum Gasteiger partial charge on any atom is 0.248 e. The third-order valence-electron chi connectivity index (χ3n) is 4.65. The highest BCUT2D eigenvalue weighted by molar-refractivity contribution is 7.89. The highest BCUT2D eigenvalue weighted by atomic mass is 32.2. The maximum absolute atomic E-state index is 13.1. The topological polar surface area (TPSA) is 82.6 Å². The van der Waals surface area contributed by atoms with E-state index in [1.165, 1.54) is 6.07 Å². The average molecular weight is 408 g/mol. The second-order valence-corrected chi connectivity index (χ2v) is 8.67. The van der Waals surface area contributed by atoms with Gasteiger partial charge in [-0.05, 0) is 43.3 Å². The molecule has 148 valence electrons. The molecule has 0 saturated carbocycles. The highest BCUT2D eigenvalue weighted by Crippen LogP contribution is 2.35. The standard InChI is InChI=1S/C21H20N4O3S/c1-16-9-11-18(12-10-16)25-15-24(14-20(26)23-17-6-3-2-4-7-17)29(27,28)19-8-5-13-22-21(19)25/h2-13H,14-15H2,1H3,(H,23,26). The van der Waals surface area contributed by atoms with E-state index in [0.29, 0.717) is 11.5 Å². The number of benzene rings is 2. The van der Waals surface area contributed by atoms with Gasteiger partial charge in [-0.3, -0.25) is 4.79 Å². The van der Waals surface area contributed by atoms with Gasteiger partial charge in [0, 0.05) is 17.6 Å². The zero-order valence-electron chi connectivity index (χ0n) is 15.8. The normalized spacial score (nSPS) is 15.6. The summed E-state index contributed by atoms with van der Waals surface area (Å²) in [4.78, 5) is 18.7. The number of aryl methyl sites for hydroxylation is 1. The first-order chi connectivity index (χ1) is 13.9. The Bertz CT molecular complexity index is 1130. The van der Waals surface area contributed by atoms with Crippen molar-refractivity contribution in [2.75, 3.05) is 23.4 Å². The summed E-state index contributed by atoms with van der Waals surface area (Å²) in [6.07, 6.45) is 1.56. The minimum Gasteiger partial charge on any atom is -0.325 e. The van der Waals surface area contributed by atoms with Crippen LogP contribution in [0.5, 0.6) is 0 Å². The molecular formula is C21H20N4O3S. The molecule has 1 aliphatic rings. The predicted octanol–water partition coefficient (Wildman–Crippen LogP) is 3.13. The van der Waals surface area contributed by atoms with Gasteiger partial charge in [0.25, 0.3) is 0 Å². The number of nitrogens with zero attached hydrogens (tertiary/aromatic N) is 3. The molecule has 29 heavy (non-hydrogen) atoms. The van der Waals surface area contributed by atoms with Crippen LogP contribution in [-0.2, 0) is 14.8 Å². The first-order valence-electron chi connectivity index (χ1n) is 9.09. The van der Waals surface area contributed by atoms with Crippen LogP contribution in [0.25, 0.3) is 0 Å². The summed E-state index contributed by atoms with van der Waals surface area (Å²) in [5, 5.41) is 2.73. The first kappa shape index (κ1) is 19.1. The molecule has 0 aliphatic carbocycles. The second kappa shape index (κ2) is 7.65. The number of anilines is 3. The average Bonchev–Trinajstić information content (AvgIpc) is 2.72. The molecule has 0 saturated heterocycles. The van der Waals surface area contributed by atoms with Gasteiger partial charge in [0.2, 0.25) is 15.9 Å². The number of para-hydroxylation sites is 1. The van der Waals surface area contributed by atoms with Gasteiger partial charge in [-0.25, -0.2) is 13.4 Å².